The molecule has 6 heteroatoms. The van der Waals surface area contributed by atoms with Crippen LogP contribution in [0, 0.1) is 6.92 Å². The van der Waals surface area contributed by atoms with E-state index >= 15 is 0 Å². The van der Waals surface area contributed by atoms with Crippen LogP contribution >= 0.6 is 0 Å². The minimum Gasteiger partial charge on any atom is -0.380 e. The number of hydrogen-bond acceptors (Lipinski definition) is 5. The predicted octanol–water partition coefficient (Wildman–Crippen LogP) is 0.994. The predicted molar refractivity (Wildman–Crippen MR) is 61.8 cm³/mol. The summed E-state index contributed by atoms with van der Waals surface area (Å²) in [5, 5.41) is 0. The van der Waals surface area contributed by atoms with Crippen LogP contribution in [0.5, 0.6) is 0 Å². The van der Waals surface area contributed by atoms with E-state index in [2.05, 4.69) is 5.48 Å². The van der Waals surface area contributed by atoms with Crippen molar-refractivity contribution in [1.82, 2.24) is 5.48 Å². The molecule has 0 aromatic heterocycles. The molecule has 1 N–H and O–H groups in total. The zero-order chi connectivity index (χ0) is 12.3. The van der Waals surface area contributed by atoms with Crippen LogP contribution in [0.15, 0.2) is 29.2 Å². The second kappa shape index (κ2) is 5.14. The van der Waals surface area contributed by atoms with Crippen molar-refractivity contribution < 1.29 is 17.4 Å². The summed E-state index contributed by atoms with van der Waals surface area (Å²) in [6.07, 6.45) is 0.753. The first-order valence-corrected chi connectivity index (χ1v) is 6.82. The third kappa shape index (κ3) is 3.26. The van der Waals surface area contributed by atoms with Gasteiger partial charge in [0.05, 0.1) is 17.5 Å². The Bertz CT molecular complexity index is 463. The van der Waals surface area contributed by atoms with Crippen LogP contribution in [-0.4, -0.2) is 27.7 Å². The molecule has 0 spiro atoms. The first-order valence-electron chi connectivity index (χ1n) is 5.41. The van der Waals surface area contributed by atoms with Gasteiger partial charge in [0, 0.05) is 6.61 Å². The number of hydroxylamine groups is 1. The molecule has 2 rings (SSSR count). The second-order valence-electron chi connectivity index (χ2n) is 4.03. The summed E-state index contributed by atoms with van der Waals surface area (Å²) in [5.74, 6) is 0. The van der Waals surface area contributed by atoms with Gasteiger partial charge in [0.15, 0.2) is 0 Å². The quantitative estimate of drug-likeness (QED) is 0.815. The van der Waals surface area contributed by atoms with Crippen LogP contribution < -0.4 is 5.48 Å². The maximum atomic E-state index is 11.8. The zero-order valence-electron chi connectivity index (χ0n) is 9.55. The van der Waals surface area contributed by atoms with E-state index in [0.29, 0.717) is 13.2 Å². The second-order valence-corrected chi connectivity index (χ2v) is 5.58. The van der Waals surface area contributed by atoms with Crippen LogP contribution in [0.25, 0.3) is 0 Å². The first kappa shape index (κ1) is 12.5. The molecule has 0 aliphatic carbocycles. The molecule has 1 aliphatic rings. The van der Waals surface area contributed by atoms with Crippen molar-refractivity contribution in [3.05, 3.63) is 29.8 Å². The van der Waals surface area contributed by atoms with Crippen molar-refractivity contribution >= 4 is 10.1 Å². The van der Waals surface area contributed by atoms with E-state index in [1.807, 2.05) is 6.92 Å². The Morgan fingerprint density at radius 2 is 2.06 bits per heavy atom. The van der Waals surface area contributed by atoms with Gasteiger partial charge in [-0.2, -0.15) is 18.2 Å². The van der Waals surface area contributed by atoms with Gasteiger partial charge in [-0.3, -0.25) is 0 Å². The monoisotopic (exact) mass is 257 g/mol. The number of ether oxygens (including phenoxy) is 1. The molecular weight excluding hydrogens is 242 g/mol. The van der Waals surface area contributed by atoms with Gasteiger partial charge in [0.1, 0.15) is 0 Å². The Hall–Kier alpha value is -0.950. The van der Waals surface area contributed by atoms with Gasteiger partial charge in [-0.05, 0) is 25.5 Å². The molecule has 1 saturated heterocycles. The highest BCUT2D eigenvalue weighted by Gasteiger charge is 2.20. The molecular formula is C11H15NO4S. The van der Waals surface area contributed by atoms with Crippen molar-refractivity contribution in [1.29, 1.82) is 0 Å². The zero-order valence-corrected chi connectivity index (χ0v) is 10.4. The Morgan fingerprint density at radius 3 is 2.65 bits per heavy atom. The third-order valence-corrected chi connectivity index (χ3v) is 3.73. The van der Waals surface area contributed by atoms with Crippen molar-refractivity contribution in [2.24, 2.45) is 0 Å². The van der Waals surface area contributed by atoms with Crippen LogP contribution in [0.2, 0.25) is 0 Å². The fourth-order valence-corrected chi connectivity index (χ4v) is 2.34. The summed E-state index contributed by atoms with van der Waals surface area (Å²) in [4.78, 5) is 0.148. The summed E-state index contributed by atoms with van der Waals surface area (Å²) >= 11 is 0. The van der Waals surface area contributed by atoms with Gasteiger partial charge in [0.25, 0.3) is 0 Å². The van der Waals surface area contributed by atoms with Crippen LogP contribution in [0.4, 0.5) is 0 Å². The summed E-state index contributed by atoms with van der Waals surface area (Å²) in [6.45, 7) is 3.00. The van der Waals surface area contributed by atoms with Crippen LogP contribution in [0.3, 0.4) is 0 Å². The van der Waals surface area contributed by atoms with Gasteiger partial charge in [-0.25, -0.2) is 0 Å². The van der Waals surface area contributed by atoms with Crippen molar-refractivity contribution in [2.75, 3.05) is 13.2 Å². The Balaban J connectivity index is 2.00. The van der Waals surface area contributed by atoms with E-state index in [1.165, 1.54) is 12.1 Å². The maximum absolute atomic E-state index is 11.8. The summed E-state index contributed by atoms with van der Waals surface area (Å²) in [6, 6.07) is 6.45. The smallest absolute Gasteiger partial charge is 0.312 e. The van der Waals surface area contributed by atoms with E-state index in [0.717, 1.165) is 12.0 Å². The largest absolute Gasteiger partial charge is 0.380 e. The highest BCUT2D eigenvalue weighted by molar-refractivity contribution is 7.86. The number of rotatable bonds is 4. The minimum atomic E-state index is -3.73. The molecule has 0 bridgehead atoms. The van der Waals surface area contributed by atoms with Crippen molar-refractivity contribution in [2.45, 2.75) is 24.3 Å². The van der Waals surface area contributed by atoms with E-state index < -0.39 is 10.1 Å². The summed E-state index contributed by atoms with van der Waals surface area (Å²) in [7, 11) is -3.73. The SMILES string of the molecule is Cc1ccc(S(=O)(=O)ONC2CCOC2)cc1. The number of nitrogens with one attached hydrogen (secondary N) is 1. The van der Waals surface area contributed by atoms with Crippen LogP contribution in [-0.2, 0) is 19.1 Å². The first-order chi connectivity index (χ1) is 8.08. The fraction of sp³-hybridized carbons (Fsp3) is 0.455. The molecule has 17 heavy (non-hydrogen) atoms. The fourth-order valence-electron chi connectivity index (χ4n) is 1.51. The topological polar surface area (TPSA) is 64.6 Å². The van der Waals surface area contributed by atoms with Crippen molar-refractivity contribution in [3.8, 4) is 0 Å². The van der Waals surface area contributed by atoms with E-state index in [1.54, 1.807) is 12.1 Å². The third-order valence-electron chi connectivity index (χ3n) is 2.56. The van der Waals surface area contributed by atoms with E-state index in [4.69, 9.17) is 9.02 Å². The molecule has 0 saturated carbocycles. The number of hydrogen-bond donors (Lipinski definition) is 1. The minimum absolute atomic E-state index is 0.0600. The standard InChI is InChI=1S/C11H15NO4S/c1-9-2-4-11(5-3-9)17(13,14)16-12-10-6-7-15-8-10/h2-5,10,12H,6-8H2,1H3. The lowest BCUT2D eigenvalue weighted by molar-refractivity contribution is 0.136. The maximum Gasteiger partial charge on any atom is 0.312 e. The molecule has 1 aromatic carbocycles. The summed E-state index contributed by atoms with van der Waals surface area (Å²) in [5.41, 5.74) is 3.52. The molecule has 1 aliphatic heterocycles. The molecule has 1 fully saturated rings. The summed E-state index contributed by atoms with van der Waals surface area (Å²) < 4.78 is 33.4. The van der Waals surface area contributed by atoms with Gasteiger partial charge in [-0.15, -0.1) is 0 Å². The molecule has 1 aromatic rings. The lowest BCUT2D eigenvalue weighted by Crippen LogP contribution is -2.31. The molecule has 5 nitrogen and oxygen atoms in total. The number of aryl methyl sites for hydroxylation is 1. The van der Waals surface area contributed by atoms with Gasteiger partial charge >= 0.3 is 10.1 Å². The molecule has 0 radical (unpaired) electrons. The van der Waals surface area contributed by atoms with Crippen molar-refractivity contribution in [3.63, 3.8) is 0 Å². The Labute approximate surface area is 101 Å². The molecule has 0 amide bonds. The van der Waals surface area contributed by atoms with Gasteiger partial charge in [0.2, 0.25) is 0 Å². The van der Waals surface area contributed by atoms with Gasteiger partial charge in [-0.1, -0.05) is 17.7 Å². The molecule has 94 valence electrons. The highest BCUT2D eigenvalue weighted by atomic mass is 32.2. The average molecular weight is 257 g/mol. The Morgan fingerprint density at radius 1 is 1.35 bits per heavy atom. The lowest BCUT2D eigenvalue weighted by atomic mass is 10.2. The van der Waals surface area contributed by atoms with E-state index in [-0.39, 0.29) is 10.9 Å². The normalized spacial score (nSPS) is 20.6. The Kier molecular flexibility index (Phi) is 3.78. The number of benzene rings is 1. The molecule has 1 atom stereocenters. The molecule has 1 heterocycles. The highest BCUT2D eigenvalue weighted by Crippen LogP contribution is 2.13. The van der Waals surface area contributed by atoms with Crippen LogP contribution in [0.1, 0.15) is 12.0 Å². The van der Waals surface area contributed by atoms with E-state index in [9.17, 15) is 8.42 Å². The molecule has 1 unspecified atom stereocenters. The average Bonchev–Trinajstić information content (AvgIpc) is 2.80. The lowest BCUT2D eigenvalue weighted by Gasteiger charge is -2.10. The van der Waals surface area contributed by atoms with Gasteiger partial charge < -0.3 is 4.74 Å².